The van der Waals surface area contributed by atoms with Gasteiger partial charge in [0.25, 0.3) is 0 Å². The van der Waals surface area contributed by atoms with E-state index in [1.54, 1.807) is 34.0 Å². The fourth-order valence-electron chi connectivity index (χ4n) is 2.61. The molecule has 1 saturated heterocycles. The Hall–Kier alpha value is -2.03. The molecule has 1 aliphatic rings. The zero-order chi connectivity index (χ0) is 13.7. The summed E-state index contributed by atoms with van der Waals surface area (Å²) in [7, 11) is 0. The molecule has 3 atom stereocenters. The van der Waals surface area contributed by atoms with E-state index < -0.39 is 12.2 Å². The van der Waals surface area contributed by atoms with Gasteiger partial charge in [-0.05, 0) is 0 Å². The van der Waals surface area contributed by atoms with Crippen LogP contribution < -0.4 is 0 Å². The van der Waals surface area contributed by atoms with Crippen molar-refractivity contribution in [1.82, 2.24) is 23.9 Å². The maximum absolute atomic E-state index is 9.81. The molecule has 0 aromatic carbocycles. The molecule has 0 bridgehead atoms. The first-order valence-electron chi connectivity index (χ1n) is 6.36. The molecular formula is C12H13N5O3. The van der Waals surface area contributed by atoms with E-state index in [4.69, 9.17) is 9.84 Å². The highest BCUT2D eigenvalue weighted by molar-refractivity contribution is 5.85. The highest BCUT2D eigenvalue weighted by atomic mass is 16.5. The molecular weight excluding hydrogens is 262 g/mol. The average Bonchev–Trinajstić information content (AvgIpc) is 3.13. The Morgan fingerprint density at radius 1 is 1.25 bits per heavy atom. The quantitative estimate of drug-likeness (QED) is 0.667. The van der Waals surface area contributed by atoms with Crippen LogP contribution in [0.4, 0.5) is 0 Å². The average molecular weight is 275 g/mol. The van der Waals surface area contributed by atoms with Gasteiger partial charge in [0.1, 0.15) is 18.7 Å². The van der Waals surface area contributed by atoms with Crippen LogP contribution in [0.1, 0.15) is 12.6 Å². The van der Waals surface area contributed by atoms with Crippen LogP contribution in [0.2, 0.25) is 0 Å². The van der Waals surface area contributed by atoms with Gasteiger partial charge in [-0.15, -0.1) is 0 Å². The Morgan fingerprint density at radius 3 is 2.95 bits per heavy atom. The van der Waals surface area contributed by atoms with Crippen LogP contribution in [0.15, 0.2) is 25.0 Å². The van der Waals surface area contributed by atoms with Gasteiger partial charge >= 0.3 is 0 Å². The lowest BCUT2D eigenvalue weighted by Crippen LogP contribution is -2.24. The van der Waals surface area contributed by atoms with Crippen LogP contribution in [-0.2, 0) is 4.74 Å². The third kappa shape index (κ3) is 1.56. The molecule has 0 radical (unpaired) electrons. The topological polar surface area (TPSA) is 97.7 Å². The molecule has 8 heteroatoms. The van der Waals surface area contributed by atoms with Crippen molar-refractivity contribution < 1.29 is 14.9 Å². The van der Waals surface area contributed by atoms with Crippen LogP contribution in [0, 0.1) is 0 Å². The summed E-state index contributed by atoms with van der Waals surface area (Å²) in [6, 6.07) is 0. The van der Waals surface area contributed by atoms with Gasteiger partial charge in [-0.1, -0.05) is 0 Å². The summed E-state index contributed by atoms with van der Waals surface area (Å²) >= 11 is 0. The van der Waals surface area contributed by atoms with E-state index in [9.17, 15) is 5.11 Å². The SMILES string of the molecule is OCC1OC(n2cnc3c2ncn2ccnc32)CC1O. The van der Waals surface area contributed by atoms with E-state index >= 15 is 0 Å². The fraction of sp³-hybridized carbons (Fsp3) is 0.417. The Labute approximate surface area is 113 Å². The fourth-order valence-corrected chi connectivity index (χ4v) is 2.61. The summed E-state index contributed by atoms with van der Waals surface area (Å²) in [5, 5.41) is 19.0. The molecule has 0 amide bonds. The van der Waals surface area contributed by atoms with E-state index in [2.05, 4.69) is 15.0 Å². The number of aliphatic hydroxyl groups is 2. The van der Waals surface area contributed by atoms with Crippen molar-refractivity contribution in [3.05, 3.63) is 25.0 Å². The highest BCUT2D eigenvalue weighted by Gasteiger charge is 2.35. The molecule has 3 aromatic heterocycles. The maximum Gasteiger partial charge on any atom is 0.167 e. The Kier molecular flexibility index (Phi) is 2.49. The number of imidazole rings is 2. The molecule has 8 nitrogen and oxygen atoms in total. The van der Waals surface area contributed by atoms with Gasteiger partial charge < -0.3 is 14.9 Å². The lowest BCUT2D eigenvalue weighted by atomic mass is 10.2. The van der Waals surface area contributed by atoms with Crippen LogP contribution in [0.3, 0.4) is 0 Å². The summed E-state index contributed by atoms with van der Waals surface area (Å²) < 4.78 is 9.18. The van der Waals surface area contributed by atoms with Crippen molar-refractivity contribution in [3.63, 3.8) is 0 Å². The van der Waals surface area contributed by atoms with E-state index in [1.165, 1.54) is 0 Å². The van der Waals surface area contributed by atoms with E-state index in [1.807, 2.05) is 0 Å². The second-order valence-corrected chi connectivity index (χ2v) is 4.84. The van der Waals surface area contributed by atoms with Crippen LogP contribution in [0.25, 0.3) is 16.8 Å². The maximum atomic E-state index is 9.81. The summed E-state index contributed by atoms with van der Waals surface area (Å²) in [6.07, 6.45) is 5.56. The number of hydrogen-bond acceptors (Lipinski definition) is 6. The molecule has 1 aliphatic heterocycles. The lowest BCUT2D eigenvalue weighted by molar-refractivity contribution is -0.0432. The first-order chi connectivity index (χ1) is 9.78. The largest absolute Gasteiger partial charge is 0.394 e. The van der Waals surface area contributed by atoms with Crippen molar-refractivity contribution in [1.29, 1.82) is 0 Å². The molecule has 0 aliphatic carbocycles. The van der Waals surface area contributed by atoms with Gasteiger partial charge in [-0.3, -0.25) is 8.97 Å². The van der Waals surface area contributed by atoms with E-state index in [0.29, 0.717) is 17.6 Å². The molecule has 20 heavy (non-hydrogen) atoms. The minimum absolute atomic E-state index is 0.206. The van der Waals surface area contributed by atoms with Crippen LogP contribution >= 0.6 is 0 Å². The molecule has 2 N–H and O–H groups in total. The minimum Gasteiger partial charge on any atom is -0.394 e. The Morgan fingerprint density at radius 2 is 2.15 bits per heavy atom. The predicted molar refractivity (Wildman–Crippen MR) is 67.9 cm³/mol. The molecule has 4 heterocycles. The molecule has 3 unspecified atom stereocenters. The summed E-state index contributed by atoms with van der Waals surface area (Å²) in [4.78, 5) is 12.9. The first kappa shape index (κ1) is 11.8. The molecule has 4 rings (SSSR count). The third-order valence-corrected chi connectivity index (χ3v) is 3.65. The monoisotopic (exact) mass is 275 g/mol. The molecule has 1 fully saturated rings. The summed E-state index contributed by atoms with van der Waals surface area (Å²) in [5.41, 5.74) is 2.06. The number of hydrogen-bond donors (Lipinski definition) is 2. The summed E-state index contributed by atoms with van der Waals surface area (Å²) in [5.74, 6) is 0. The number of nitrogens with zero attached hydrogens (tertiary/aromatic N) is 5. The van der Waals surface area contributed by atoms with Gasteiger partial charge in [-0.25, -0.2) is 15.0 Å². The van der Waals surface area contributed by atoms with E-state index in [-0.39, 0.29) is 12.8 Å². The zero-order valence-corrected chi connectivity index (χ0v) is 10.5. The van der Waals surface area contributed by atoms with E-state index in [0.717, 1.165) is 5.65 Å². The van der Waals surface area contributed by atoms with Gasteiger partial charge in [0.05, 0.1) is 19.0 Å². The van der Waals surface area contributed by atoms with Gasteiger partial charge in [0.15, 0.2) is 16.8 Å². The number of rotatable bonds is 2. The number of aromatic nitrogens is 5. The number of aliphatic hydroxyl groups excluding tert-OH is 2. The molecule has 3 aromatic rings. The molecule has 104 valence electrons. The number of ether oxygens (including phenoxy) is 1. The zero-order valence-electron chi connectivity index (χ0n) is 10.5. The lowest BCUT2D eigenvalue weighted by Gasteiger charge is -2.13. The van der Waals surface area contributed by atoms with Gasteiger partial charge in [0.2, 0.25) is 0 Å². The second-order valence-electron chi connectivity index (χ2n) is 4.84. The van der Waals surface area contributed by atoms with Crippen molar-refractivity contribution in [2.45, 2.75) is 24.9 Å². The van der Waals surface area contributed by atoms with Crippen molar-refractivity contribution in [2.24, 2.45) is 0 Å². The van der Waals surface area contributed by atoms with Gasteiger partial charge in [-0.2, -0.15) is 0 Å². The van der Waals surface area contributed by atoms with Crippen LogP contribution in [0.5, 0.6) is 0 Å². The Balaban J connectivity index is 1.81. The Bertz CT molecular complexity index is 767. The number of fused-ring (bicyclic) bond motifs is 3. The van der Waals surface area contributed by atoms with Crippen molar-refractivity contribution >= 4 is 16.8 Å². The first-order valence-corrected chi connectivity index (χ1v) is 6.36. The molecule has 0 saturated carbocycles. The van der Waals surface area contributed by atoms with Gasteiger partial charge in [0, 0.05) is 18.8 Å². The summed E-state index contributed by atoms with van der Waals surface area (Å²) in [6.45, 7) is -0.206. The van der Waals surface area contributed by atoms with Crippen molar-refractivity contribution in [3.8, 4) is 0 Å². The second kappa shape index (κ2) is 4.23. The molecule has 0 spiro atoms. The third-order valence-electron chi connectivity index (χ3n) is 3.65. The highest BCUT2D eigenvalue weighted by Crippen LogP contribution is 2.30. The smallest absolute Gasteiger partial charge is 0.167 e. The normalized spacial score (nSPS) is 26.8. The predicted octanol–water partition coefficient (Wildman–Crippen LogP) is -0.280. The van der Waals surface area contributed by atoms with Crippen molar-refractivity contribution in [2.75, 3.05) is 6.61 Å². The van der Waals surface area contributed by atoms with Crippen LogP contribution in [-0.4, -0.2) is 52.9 Å². The minimum atomic E-state index is -0.683. The standard InChI is InChI=1S/C12H13N5O3/c18-4-8-7(19)3-9(20-8)17-6-14-10-11-13-1-2-16(11)5-15-12(10)17/h1-2,5-9,18-19H,3-4H2.